The summed E-state index contributed by atoms with van der Waals surface area (Å²) in [5, 5.41) is 12.0. The lowest BCUT2D eigenvalue weighted by Gasteiger charge is -2.28. The lowest BCUT2D eigenvalue weighted by molar-refractivity contribution is -0.137. The molecule has 0 radical (unpaired) electrons. The van der Waals surface area contributed by atoms with Crippen molar-refractivity contribution in [2.24, 2.45) is 5.92 Å². The molecule has 14 heavy (non-hydrogen) atoms. The number of halogens is 1. The van der Waals surface area contributed by atoms with Gasteiger partial charge in [0.25, 0.3) is 0 Å². The minimum Gasteiger partial charge on any atom is -0.481 e. The van der Waals surface area contributed by atoms with E-state index in [0.717, 1.165) is 13.0 Å². The predicted molar refractivity (Wildman–Crippen MR) is 58.9 cm³/mol. The Kier molecular flexibility index (Phi) is 6.93. The van der Waals surface area contributed by atoms with Crippen LogP contribution in [-0.2, 0) is 4.79 Å². The zero-order valence-corrected chi connectivity index (χ0v) is 9.48. The summed E-state index contributed by atoms with van der Waals surface area (Å²) in [6.45, 7) is 3.24. The molecular formula is C10H20ClNO2. The van der Waals surface area contributed by atoms with Gasteiger partial charge in [0.05, 0.1) is 0 Å². The van der Waals surface area contributed by atoms with Crippen molar-refractivity contribution in [3.05, 3.63) is 0 Å². The Morgan fingerprint density at radius 1 is 1.57 bits per heavy atom. The fraction of sp³-hybridized carbons (Fsp3) is 0.900. The molecule has 1 aliphatic rings. The Morgan fingerprint density at radius 2 is 2.29 bits per heavy atom. The smallest absolute Gasteiger partial charge is 0.303 e. The van der Waals surface area contributed by atoms with E-state index in [1.807, 2.05) is 0 Å². The van der Waals surface area contributed by atoms with Crippen LogP contribution in [-0.4, -0.2) is 23.7 Å². The molecule has 0 aromatic heterocycles. The van der Waals surface area contributed by atoms with Gasteiger partial charge in [-0.15, -0.1) is 12.4 Å². The Labute approximate surface area is 91.7 Å². The van der Waals surface area contributed by atoms with Gasteiger partial charge in [0.15, 0.2) is 0 Å². The van der Waals surface area contributed by atoms with E-state index in [-0.39, 0.29) is 12.4 Å². The maximum absolute atomic E-state index is 10.4. The van der Waals surface area contributed by atoms with Crippen molar-refractivity contribution < 1.29 is 9.90 Å². The monoisotopic (exact) mass is 221 g/mol. The summed E-state index contributed by atoms with van der Waals surface area (Å²) in [6.07, 6.45) is 4.87. The maximum atomic E-state index is 10.4. The van der Waals surface area contributed by atoms with Crippen LogP contribution in [0.25, 0.3) is 0 Å². The maximum Gasteiger partial charge on any atom is 0.303 e. The van der Waals surface area contributed by atoms with Gasteiger partial charge in [-0.1, -0.05) is 13.3 Å². The fourth-order valence-electron chi connectivity index (χ4n) is 1.92. The first-order valence-electron chi connectivity index (χ1n) is 5.15. The number of aliphatic carboxylic acids is 1. The summed E-state index contributed by atoms with van der Waals surface area (Å²) in [4.78, 5) is 10.4. The number of carbonyl (C=O) groups is 1. The van der Waals surface area contributed by atoms with E-state index in [0.29, 0.717) is 18.4 Å². The van der Waals surface area contributed by atoms with Crippen molar-refractivity contribution in [3.8, 4) is 0 Å². The van der Waals surface area contributed by atoms with Crippen LogP contribution < -0.4 is 5.32 Å². The predicted octanol–water partition coefficient (Wildman–Crippen LogP) is 2.05. The number of rotatable bonds is 4. The quantitative estimate of drug-likeness (QED) is 0.764. The zero-order valence-electron chi connectivity index (χ0n) is 8.66. The number of hydrogen-bond donors (Lipinski definition) is 2. The van der Waals surface area contributed by atoms with Gasteiger partial charge in [0.1, 0.15) is 0 Å². The van der Waals surface area contributed by atoms with Crippen LogP contribution >= 0.6 is 12.4 Å². The molecule has 4 heteroatoms. The molecule has 0 saturated carbocycles. The van der Waals surface area contributed by atoms with Gasteiger partial charge < -0.3 is 10.4 Å². The van der Waals surface area contributed by atoms with Gasteiger partial charge in [-0.2, -0.15) is 0 Å². The topological polar surface area (TPSA) is 49.3 Å². The van der Waals surface area contributed by atoms with Crippen molar-refractivity contribution >= 4 is 18.4 Å². The summed E-state index contributed by atoms with van der Waals surface area (Å²) >= 11 is 0. The molecule has 0 bridgehead atoms. The van der Waals surface area contributed by atoms with Gasteiger partial charge in [-0.25, -0.2) is 0 Å². The molecule has 0 spiro atoms. The summed E-state index contributed by atoms with van der Waals surface area (Å²) in [5.74, 6) is -0.181. The fourth-order valence-corrected chi connectivity index (χ4v) is 1.92. The Hall–Kier alpha value is -0.280. The van der Waals surface area contributed by atoms with E-state index >= 15 is 0 Å². The van der Waals surface area contributed by atoms with Crippen molar-refractivity contribution in [1.82, 2.24) is 5.32 Å². The molecule has 0 aliphatic carbocycles. The first-order chi connectivity index (χ1) is 6.20. The first-order valence-corrected chi connectivity index (χ1v) is 5.15. The molecule has 1 heterocycles. The minimum atomic E-state index is -0.678. The highest BCUT2D eigenvalue weighted by Crippen LogP contribution is 2.18. The van der Waals surface area contributed by atoms with Crippen LogP contribution in [0.1, 0.15) is 39.0 Å². The summed E-state index contributed by atoms with van der Waals surface area (Å²) in [7, 11) is 0. The van der Waals surface area contributed by atoms with Crippen molar-refractivity contribution in [2.75, 3.05) is 6.54 Å². The van der Waals surface area contributed by atoms with E-state index < -0.39 is 5.97 Å². The largest absolute Gasteiger partial charge is 0.481 e. The van der Waals surface area contributed by atoms with Crippen molar-refractivity contribution in [3.63, 3.8) is 0 Å². The molecule has 1 fully saturated rings. The number of carboxylic acids is 1. The van der Waals surface area contributed by atoms with Crippen LogP contribution in [0, 0.1) is 5.92 Å². The molecule has 3 nitrogen and oxygen atoms in total. The number of hydrogen-bond acceptors (Lipinski definition) is 2. The molecule has 1 saturated heterocycles. The van der Waals surface area contributed by atoms with Gasteiger partial charge >= 0.3 is 5.97 Å². The highest BCUT2D eigenvalue weighted by atomic mass is 35.5. The average Bonchev–Trinajstić information content (AvgIpc) is 2.15. The van der Waals surface area contributed by atoms with Crippen LogP contribution in [0.2, 0.25) is 0 Å². The molecule has 1 rings (SSSR count). The third-order valence-corrected chi connectivity index (χ3v) is 2.85. The second kappa shape index (κ2) is 7.07. The van der Waals surface area contributed by atoms with E-state index in [4.69, 9.17) is 5.11 Å². The van der Waals surface area contributed by atoms with Gasteiger partial charge in [-0.05, 0) is 31.7 Å². The Balaban J connectivity index is 0.00000169. The zero-order chi connectivity index (χ0) is 9.68. The Morgan fingerprint density at radius 3 is 2.79 bits per heavy atom. The number of piperidine rings is 1. The number of nitrogens with one attached hydrogen (secondary N) is 1. The van der Waals surface area contributed by atoms with Gasteiger partial charge in [0.2, 0.25) is 0 Å². The third-order valence-electron chi connectivity index (χ3n) is 2.85. The summed E-state index contributed by atoms with van der Waals surface area (Å²) in [6, 6.07) is 0.549. The van der Waals surface area contributed by atoms with E-state index in [1.54, 1.807) is 0 Å². The SMILES string of the molecule is CC(CCC(=O)O)C1CCCCN1.Cl. The molecule has 1 aliphatic heterocycles. The average molecular weight is 222 g/mol. The first kappa shape index (κ1) is 13.7. The second-order valence-electron chi connectivity index (χ2n) is 3.97. The minimum absolute atomic E-state index is 0. The summed E-state index contributed by atoms with van der Waals surface area (Å²) in [5.41, 5.74) is 0. The summed E-state index contributed by atoms with van der Waals surface area (Å²) < 4.78 is 0. The molecule has 0 aromatic rings. The molecule has 84 valence electrons. The molecular weight excluding hydrogens is 202 g/mol. The molecule has 2 N–H and O–H groups in total. The Bertz CT molecular complexity index is 170. The lowest BCUT2D eigenvalue weighted by Crippen LogP contribution is -2.39. The third kappa shape index (κ3) is 4.82. The van der Waals surface area contributed by atoms with Crippen LogP contribution in [0.4, 0.5) is 0 Å². The van der Waals surface area contributed by atoms with Crippen LogP contribution in [0.3, 0.4) is 0 Å². The number of carboxylic acid groups (broad SMARTS) is 1. The standard InChI is InChI=1S/C10H19NO2.ClH/c1-8(5-6-10(12)13)9-4-2-3-7-11-9;/h8-9,11H,2-7H2,1H3,(H,12,13);1H. The molecule has 2 atom stereocenters. The van der Waals surface area contributed by atoms with Gasteiger partial charge in [-0.3, -0.25) is 4.79 Å². The van der Waals surface area contributed by atoms with Crippen LogP contribution in [0.15, 0.2) is 0 Å². The normalized spacial score (nSPS) is 23.6. The van der Waals surface area contributed by atoms with Gasteiger partial charge in [0, 0.05) is 12.5 Å². The highest BCUT2D eigenvalue weighted by molar-refractivity contribution is 5.85. The van der Waals surface area contributed by atoms with E-state index in [2.05, 4.69) is 12.2 Å². The highest BCUT2D eigenvalue weighted by Gasteiger charge is 2.19. The van der Waals surface area contributed by atoms with Crippen molar-refractivity contribution in [2.45, 2.75) is 45.1 Å². The van der Waals surface area contributed by atoms with Crippen LogP contribution in [0.5, 0.6) is 0 Å². The van der Waals surface area contributed by atoms with E-state index in [1.165, 1.54) is 19.3 Å². The lowest BCUT2D eigenvalue weighted by atomic mass is 9.90. The molecule has 2 unspecified atom stereocenters. The second-order valence-corrected chi connectivity index (χ2v) is 3.97. The van der Waals surface area contributed by atoms with E-state index in [9.17, 15) is 4.79 Å². The van der Waals surface area contributed by atoms with Crippen molar-refractivity contribution in [1.29, 1.82) is 0 Å². The molecule has 0 aromatic carbocycles. The molecule has 0 amide bonds.